The van der Waals surface area contributed by atoms with Crippen molar-refractivity contribution in [2.75, 3.05) is 26.0 Å². The first-order chi connectivity index (χ1) is 11.6. The van der Waals surface area contributed by atoms with Crippen molar-refractivity contribution in [2.45, 2.75) is 24.2 Å². The van der Waals surface area contributed by atoms with Crippen LogP contribution in [0.5, 0.6) is 5.75 Å². The Morgan fingerprint density at radius 1 is 1.25 bits per heavy atom. The Balaban J connectivity index is 1.47. The molecule has 0 unspecified atom stereocenters. The van der Waals surface area contributed by atoms with Gasteiger partial charge in [-0.1, -0.05) is 0 Å². The van der Waals surface area contributed by atoms with Crippen LogP contribution in [0.2, 0.25) is 0 Å². The molecule has 2 fully saturated rings. The molecule has 2 atom stereocenters. The fourth-order valence-corrected chi connectivity index (χ4v) is 4.22. The number of hydrogen-bond donors (Lipinski definition) is 1. The van der Waals surface area contributed by atoms with Crippen LogP contribution in [-0.4, -0.2) is 47.8 Å². The predicted octanol–water partition coefficient (Wildman–Crippen LogP) is 2.75. The smallest absolute Gasteiger partial charge is 0.308 e. The number of methoxy groups -OCH3 is 1. The van der Waals surface area contributed by atoms with Crippen molar-refractivity contribution in [3.8, 4) is 5.75 Å². The summed E-state index contributed by atoms with van der Waals surface area (Å²) < 4.78 is 5.13. The topological polar surface area (TPSA) is 66.8 Å². The van der Waals surface area contributed by atoms with Crippen molar-refractivity contribution in [1.29, 1.82) is 0 Å². The number of hydrogen-bond acceptors (Lipinski definition) is 4. The van der Waals surface area contributed by atoms with Gasteiger partial charge in [-0.3, -0.25) is 9.59 Å². The van der Waals surface area contributed by atoms with Crippen LogP contribution in [0.3, 0.4) is 0 Å². The minimum atomic E-state index is -0.755. The number of aliphatic carboxylic acids is 1. The molecule has 1 aromatic rings. The minimum absolute atomic E-state index is 0.0745. The highest BCUT2D eigenvalue weighted by Gasteiger charge is 2.46. The summed E-state index contributed by atoms with van der Waals surface area (Å²) in [5.74, 6) is 1.13. The van der Waals surface area contributed by atoms with E-state index >= 15 is 0 Å². The first-order valence-corrected chi connectivity index (χ1v) is 9.34. The zero-order chi connectivity index (χ0) is 17.1. The number of carboxylic acid groups (broad SMARTS) is 1. The molecule has 0 bridgehead atoms. The first-order valence-electron chi connectivity index (χ1n) is 8.36. The third kappa shape index (κ3) is 4.04. The average molecular weight is 349 g/mol. The largest absolute Gasteiger partial charge is 0.497 e. The lowest BCUT2D eigenvalue weighted by Gasteiger charge is -2.16. The van der Waals surface area contributed by atoms with E-state index in [0.29, 0.717) is 31.2 Å². The van der Waals surface area contributed by atoms with Gasteiger partial charge in [0.15, 0.2) is 0 Å². The quantitative estimate of drug-likeness (QED) is 0.767. The van der Waals surface area contributed by atoms with Gasteiger partial charge in [0, 0.05) is 30.2 Å². The van der Waals surface area contributed by atoms with Crippen LogP contribution in [0.25, 0.3) is 0 Å². The van der Waals surface area contributed by atoms with E-state index < -0.39 is 5.97 Å². The van der Waals surface area contributed by atoms with Gasteiger partial charge in [0.1, 0.15) is 5.75 Å². The molecule has 0 spiro atoms. The van der Waals surface area contributed by atoms with Gasteiger partial charge in [-0.2, -0.15) is 0 Å². The van der Waals surface area contributed by atoms with E-state index in [0.717, 1.165) is 23.5 Å². The lowest BCUT2D eigenvalue weighted by Crippen LogP contribution is -2.30. The van der Waals surface area contributed by atoms with E-state index in [4.69, 9.17) is 4.74 Å². The van der Waals surface area contributed by atoms with Crippen LogP contribution in [-0.2, 0) is 9.59 Å². The summed E-state index contributed by atoms with van der Waals surface area (Å²) in [5.41, 5.74) is 0. The van der Waals surface area contributed by atoms with Crippen molar-refractivity contribution in [1.82, 2.24) is 4.90 Å². The van der Waals surface area contributed by atoms with Crippen LogP contribution in [0.15, 0.2) is 29.2 Å². The molecule has 1 N–H and O–H groups in total. The van der Waals surface area contributed by atoms with E-state index in [9.17, 15) is 14.7 Å². The maximum absolute atomic E-state index is 12.4. The Bertz CT molecular complexity index is 600. The number of thioether (sulfide) groups is 1. The van der Waals surface area contributed by atoms with Gasteiger partial charge in [-0.15, -0.1) is 11.8 Å². The molecule has 1 aliphatic heterocycles. The molecule has 3 rings (SSSR count). The van der Waals surface area contributed by atoms with Crippen molar-refractivity contribution >= 4 is 23.6 Å². The Kier molecular flexibility index (Phi) is 5.33. The molecule has 1 amide bonds. The number of carboxylic acids is 1. The summed E-state index contributed by atoms with van der Waals surface area (Å²) in [6.45, 7) is 0.996. The van der Waals surface area contributed by atoms with Crippen molar-refractivity contribution in [3.05, 3.63) is 24.3 Å². The van der Waals surface area contributed by atoms with Gasteiger partial charge < -0.3 is 14.7 Å². The Morgan fingerprint density at radius 3 is 2.54 bits per heavy atom. The van der Waals surface area contributed by atoms with E-state index in [1.807, 2.05) is 24.3 Å². The van der Waals surface area contributed by atoms with Gasteiger partial charge >= 0.3 is 5.97 Å². The first kappa shape index (κ1) is 17.1. The lowest BCUT2D eigenvalue weighted by molar-refractivity contribution is -0.142. The minimum Gasteiger partial charge on any atom is -0.497 e. The zero-order valence-corrected chi connectivity index (χ0v) is 14.6. The maximum Gasteiger partial charge on any atom is 0.308 e. The summed E-state index contributed by atoms with van der Waals surface area (Å²) in [5, 5.41) is 9.38. The fraction of sp³-hybridized carbons (Fsp3) is 0.556. The average Bonchev–Trinajstić information content (AvgIpc) is 3.33. The third-order valence-corrected chi connectivity index (χ3v) is 5.92. The summed E-state index contributed by atoms with van der Waals surface area (Å²) in [6.07, 6.45) is 2.67. The number of amides is 1. The Labute approximate surface area is 146 Å². The molecule has 1 aliphatic carbocycles. The SMILES string of the molecule is COc1ccc(SCCC(=O)N2C[C@H](C(=O)O)[C@@H](C3CC3)C2)cc1. The summed E-state index contributed by atoms with van der Waals surface area (Å²) in [4.78, 5) is 26.7. The van der Waals surface area contributed by atoms with Crippen LogP contribution in [0, 0.1) is 17.8 Å². The van der Waals surface area contributed by atoms with Gasteiger partial charge in [0.25, 0.3) is 0 Å². The number of rotatable bonds is 7. The molecule has 1 saturated heterocycles. The Hall–Kier alpha value is -1.69. The molecule has 130 valence electrons. The summed E-state index contributed by atoms with van der Waals surface area (Å²) >= 11 is 1.63. The summed E-state index contributed by atoms with van der Waals surface area (Å²) in [6, 6.07) is 7.77. The van der Waals surface area contributed by atoms with E-state index in [1.54, 1.807) is 23.8 Å². The van der Waals surface area contributed by atoms with Gasteiger partial charge in [-0.25, -0.2) is 0 Å². The number of carbonyl (C=O) groups excluding carboxylic acids is 1. The fourth-order valence-electron chi connectivity index (χ4n) is 3.38. The molecule has 6 heteroatoms. The third-order valence-electron chi connectivity index (χ3n) is 4.91. The second-order valence-corrected chi connectivity index (χ2v) is 7.69. The maximum atomic E-state index is 12.4. The van der Waals surface area contributed by atoms with Crippen molar-refractivity contribution in [3.63, 3.8) is 0 Å². The molecule has 1 aromatic carbocycles. The summed E-state index contributed by atoms with van der Waals surface area (Å²) in [7, 11) is 1.64. The van der Waals surface area contributed by atoms with Crippen molar-refractivity contribution < 1.29 is 19.4 Å². The highest BCUT2D eigenvalue weighted by atomic mass is 32.2. The standard InChI is InChI=1S/C18H23NO4S/c1-23-13-4-6-14(7-5-13)24-9-8-17(20)19-10-15(12-2-3-12)16(11-19)18(21)22/h4-7,12,15-16H,2-3,8-11H2,1H3,(H,21,22)/t15-,16+/m1/s1. The second kappa shape index (κ2) is 7.47. The van der Waals surface area contributed by atoms with Crippen LogP contribution < -0.4 is 4.74 Å². The number of nitrogens with zero attached hydrogens (tertiary/aromatic N) is 1. The molecule has 0 aromatic heterocycles. The van der Waals surface area contributed by atoms with E-state index in [2.05, 4.69) is 0 Å². The number of likely N-dealkylation sites (tertiary alicyclic amines) is 1. The van der Waals surface area contributed by atoms with Gasteiger partial charge in [0.05, 0.1) is 13.0 Å². The van der Waals surface area contributed by atoms with Crippen LogP contribution >= 0.6 is 11.8 Å². The van der Waals surface area contributed by atoms with Crippen LogP contribution in [0.1, 0.15) is 19.3 Å². The predicted molar refractivity (Wildman–Crippen MR) is 92.3 cm³/mol. The van der Waals surface area contributed by atoms with Gasteiger partial charge in [0.2, 0.25) is 5.91 Å². The van der Waals surface area contributed by atoms with E-state index in [1.165, 1.54) is 0 Å². The highest BCUT2D eigenvalue weighted by Crippen LogP contribution is 2.44. The number of benzene rings is 1. The van der Waals surface area contributed by atoms with Gasteiger partial charge in [-0.05, 0) is 48.9 Å². The highest BCUT2D eigenvalue weighted by molar-refractivity contribution is 7.99. The number of carbonyl (C=O) groups is 2. The molecule has 24 heavy (non-hydrogen) atoms. The number of ether oxygens (including phenoxy) is 1. The van der Waals surface area contributed by atoms with Crippen molar-refractivity contribution in [2.24, 2.45) is 17.8 Å². The zero-order valence-electron chi connectivity index (χ0n) is 13.8. The molecule has 1 heterocycles. The van der Waals surface area contributed by atoms with Crippen LogP contribution in [0.4, 0.5) is 0 Å². The molecule has 0 radical (unpaired) electrons. The monoisotopic (exact) mass is 349 g/mol. The Morgan fingerprint density at radius 2 is 1.96 bits per heavy atom. The van der Waals surface area contributed by atoms with E-state index in [-0.39, 0.29) is 17.7 Å². The second-order valence-electron chi connectivity index (χ2n) is 6.52. The molecule has 1 saturated carbocycles. The molecule has 2 aliphatic rings. The molecular weight excluding hydrogens is 326 g/mol. The lowest BCUT2D eigenvalue weighted by atomic mass is 9.92. The molecular formula is C18H23NO4S. The molecule has 5 nitrogen and oxygen atoms in total. The normalized spacial score (nSPS) is 23.3.